The Morgan fingerprint density at radius 1 is 1.19 bits per heavy atom. The minimum atomic E-state index is -0.865. The van der Waals surface area contributed by atoms with Crippen LogP contribution in [-0.4, -0.2) is 72.3 Å². The van der Waals surface area contributed by atoms with E-state index in [1.165, 1.54) is 11.0 Å². The van der Waals surface area contributed by atoms with E-state index in [1.54, 1.807) is 7.05 Å². The van der Waals surface area contributed by atoms with Crippen LogP contribution in [0.1, 0.15) is 48.5 Å². The Kier molecular flexibility index (Phi) is 9.56. The van der Waals surface area contributed by atoms with Gasteiger partial charge in [-0.25, -0.2) is 8.78 Å². The molecule has 0 bridgehead atoms. The highest BCUT2D eigenvalue weighted by Crippen LogP contribution is 2.29. The minimum Gasteiger partial charge on any atom is -0.342 e. The summed E-state index contributed by atoms with van der Waals surface area (Å²) in [7, 11) is 1.63. The highest BCUT2D eigenvalue weighted by molar-refractivity contribution is 5.90. The topological polar surface area (TPSA) is 81.8 Å². The molecule has 3 atom stereocenters. The molecule has 7 nitrogen and oxygen atoms in total. The van der Waals surface area contributed by atoms with Crippen LogP contribution >= 0.6 is 0 Å². The predicted octanol–water partition coefficient (Wildman–Crippen LogP) is 2.34. The fraction of sp³-hybridized carbons (Fsp3) is 0.609. The zero-order valence-corrected chi connectivity index (χ0v) is 19.3. The first kappa shape index (κ1) is 25.7. The normalized spacial score (nSPS) is 22.9. The van der Waals surface area contributed by atoms with Gasteiger partial charge in [0.05, 0.1) is 13.0 Å². The van der Waals surface area contributed by atoms with E-state index in [-0.39, 0.29) is 57.7 Å². The second kappa shape index (κ2) is 11.9. The van der Waals surface area contributed by atoms with Gasteiger partial charge in [0.15, 0.2) is 0 Å². The molecule has 2 aliphatic heterocycles. The first-order chi connectivity index (χ1) is 15.3. The van der Waals surface area contributed by atoms with E-state index in [4.69, 9.17) is 0 Å². The van der Waals surface area contributed by atoms with Crippen molar-refractivity contribution in [2.24, 2.45) is 0 Å². The standard InChI is InChI=1S/C21H28F2N4O3.C2H6.2H2/c1-13-3-6-16-7-8-26(20(29)9-14-4-5-15(22)10-17(14)23)12-18(21(30)27(13)16)25-19(28)11-24-2;1-2;;/h4-5,10,13,16,18,24H,3,6-9,11-12H2,1-2H3,(H,25,28);1-2H3;2*1H/t13-,16-,18+;;;/m1.../s1. The number of hydrogen-bond acceptors (Lipinski definition) is 4. The van der Waals surface area contributed by atoms with Gasteiger partial charge in [0.1, 0.15) is 17.7 Å². The molecule has 182 valence electrons. The zero-order valence-electron chi connectivity index (χ0n) is 19.3. The van der Waals surface area contributed by atoms with E-state index < -0.39 is 17.7 Å². The summed E-state index contributed by atoms with van der Waals surface area (Å²) >= 11 is 0. The molecule has 3 amide bonds. The lowest BCUT2D eigenvalue weighted by Crippen LogP contribution is -2.60. The van der Waals surface area contributed by atoms with E-state index in [0.717, 1.165) is 25.0 Å². The maximum atomic E-state index is 14.0. The number of carbonyl (C=O) groups excluding carboxylic acids is 3. The van der Waals surface area contributed by atoms with Crippen LogP contribution in [-0.2, 0) is 20.8 Å². The van der Waals surface area contributed by atoms with Gasteiger partial charge in [-0.1, -0.05) is 19.9 Å². The number of rotatable bonds is 5. The summed E-state index contributed by atoms with van der Waals surface area (Å²) < 4.78 is 27.2. The first-order valence-electron chi connectivity index (χ1n) is 11.3. The molecule has 0 radical (unpaired) electrons. The molecule has 0 spiro atoms. The Morgan fingerprint density at radius 2 is 1.91 bits per heavy atom. The van der Waals surface area contributed by atoms with E-state index in [2.05, 4.69) is 10.6 Å². The number of likely N-dealkylation sites (N-methyl/N-ethyl adjacent to an activating group) is 1. The van der Waals surface area contributed by atoms with Crippen molar-refractivity contribution in [2.45, 2.75) is 64.6 Å². The summed E-state index contributed by atoms with van der Waals surface area (Å²) in [6.07, 6.45) is 2.12. The van der Waals surface area contributed by atoms with Crippen LogP contribution in [0.15, 0.2) is 18.2 Å². The quantitative estimate of drug-likeness (QED) is 0.713. The molecule has 2 aliphatic rings. The minimum absolute atomic E-state index is 0. The maximum absolute atomic E-state index is 14.0. The molecule has 0 saturated carbocycles. The maximum Gasteiger partial charge on any atom is 0.247 e. The van der Waals surface area contributed by atoms with Crippen molar-refractivity contribution in [3.63, 3.8) is 0 Å². The molecule has 2 N–H and O–H groups in total. The molecule has 0 aliphatic carbocycles. The lowest BCUT2D eigenvalue weighted by Gasteiger charge is -2.38. The molecule has 0 unspecified atom stereocenters. The Bertz CT molecular complexity index is 831. The third-order valence-electron chi connectivity index (χ3n) is 5.86. The monoisotopic (exact) mass is 456 g/mol. The summed E-state index contributed by atoms with van der Waals surface area (Å²) in [5.74, 6) is -2.37. The summed E-state index contributed by atoms with van der Waals surface area (Å²) in [6.45, 7) is 6.47. The van der Waals surface area contributed by atoms with Crippen molar-refractivity contribution < 1.29 is 26.0 Å². The van der Waals surface area contributed by atoms with Crippen molar-refractivity contribution in [3.05, 3.63) is 35.4 Å². The molecule has 1 aromatic carbocycles. The van der Waals surface area contributed by atoms with Crippen molar-refractivity contribution in [1.82, 2.24) is 20.4 Å². The van der Waals surface area contributed by atoms with Crippen LogP contribution in [0.3, 0.4) is 0 Å². The molecule has 32 heavy (non-hydrogen) atoms. The van der Waals surface area contributed by atoms with Gasteiger partial charge in [-0.2, -0.15) is 0 Å². The van der Waals surface area contributed by atoms with Crippen molar-refractivity contribution in [2.75, 3.05) is 26.7 Å². The van der Waals surface area contributed by atoms with Crippen molar-refractivity contribution in [1.29, 1.82) is 0 Å². The van der Waals surface area contributed by atoms with E-state index in [0.29, 0.717) is 13.0 Å². The van der Waals surface area contributed by atoms with Crippen LogP contribution in [0, 0.1) is 11.6 Å². The van der Waals surface area contributed by atoms with Gasteiger partial charge in [0, 0.05) is 34.1 Å². The summed E-state index contributed by atoms with van der Waals surface area (Å²) in [5, 5.41) is 5.47. The molecule has 2 saturated heterocycles. The Labute approximate surface area is 191 Å². The predicted molar refractivity (Wildman–Crippen MR) is 122 cm³/mol. The molecule has 2 fully saturated rings. The molecule has 9 heteroatoms. The summed E-state index contributed by atoms with van der Waals surface area (Å²) in [6, 6.07) is 2.34. The molecular formula is C23H38F2N4O3. The smallest absolute Gasteiger partial charge is 0.247 e. The number of carbonyl (C=O) groups is 3. The van der Waals surface area contributed by atoms with Crippen LogP contribution < -0.4 is 10.6 Å². The van der Waals surface area contributed by atoms with Crippen molar-refractivity contribution in [3.8, 4) is 0 Å². The van der Waals surface area contributed by atoms with Gasteiger partial charge >= 0.3 is 0 Å². The average molecular weight is 457 g/mol. The highest BCUT2D eigenvalue weighted by atomic mass is 19.1. The van der Waals surface area contributed by atoms with Gasteiger partial charge in [0.2, 0.25) is 17.7 Å². The fourth-order valence-corrected chi connectivity index (χ4v) is 4.31. The number of nitrogens with one attached hydrogen (secondary N) is 2. The molecule has 3 rings (SSSR count). The number of nitrogens with zero attached hydrogens (tertiary/aromatic N) is 2. The lowest BCUT2D eigenvalue weighted by atomic mass is 10.0. The number of halogens is 2. The van der Waals surface area contributed by atoms with Crippen LogP contribution in [0.5, 0.6) is 0 Å². The third-order valence-corrected chi connectivity index (χ3v) is 5.86. The fourth-order valence-electron chi connectivity index (χ4n) is 4.31. The van der Waals surface area contributed by atoms with Crippen LogP contribution in [0.2, 0.25) is 0 Å². The van der Waals surface area contributed by atoms with E-state index in [9.17, 15) is 23.2 Å². The average Bonchev–Trinajstić information content (AvgIpc) is 3.12. The second-order valence-corrected chi connectivity index (χ2v) is 8.02. The number of hydrogen-bond donors (Lipinski definition) is 2. The summed E-state index contributed by atoms with van der Waals surface area (Å²) in [4.78, 5) is 41.6. The highest BCUT2D eigenvalue weighted by Gasteiger charge is 2.41. The SMILES string of the molecule is CC.CNCC(=O)N[C@H]1CN(C(=O)Cc2ccc(F)cc2F)CC[C@H]2CC[C@@H](C)N2C1=O.[HH].[HH]. The van der Waals surface area contributed by atoms with Gasteiger partial charge in [-0.3, -0.25) is 14.4 Å². The van der Waals surface area contributed by atoms with Crippen LogP contribution in [0.4, 0.5) is 8.78 Å². The number of benzene rings is 1. The second-order valence-electron chi connectivity index (χ2n) is 8.02. The molecule has 2 heterocycles. The largest absolute Gasteiger partial charge is 0.342 e. The van der Waals surface area contributed by atoms with Gasteiger partial charge in [-0.05, 0) is 44.9 Å². The Morgan fingerprint density at radius 3 is 2.56 bits per heavy atom. The van der Waals surface area contributed by atoms with Gasteiger partial charge in [-0.15, -0.1) is 0 Å². The van der Waals surface area contributed by atoms with Gasteiger partial charge < -0.3 is 20.4 Å². The Balaban J connectivity index is 0.00000265. The molecule has 1 aromatic rings. The summed E-state index contributed by atoms with van der Waals surface area (Å²) in [5.41, 5.74) is 0.0988. The number of fused-ring (bicyclic) bond motifs is 1. The molecular weight excluding hydrogens is 418 g/mol. The Hall–Kier alpha value is -2.55. The molecule has 0 aromatic heterocycles. The van der Waals surface area contributed by atoms with E-state index in [1.807, 2.05) is 25.7 Å². The van der Waals surface area contributed by atoms with Gasteiger partial charge in [0.25, 0.3) is 0 Å². The van der Waals surface area contributed by atoms with Crippen LogP contribution in [0.25, 0.3) is 0 Å². The number of amides is 3. The first-order valence-corrected chi connectivity index (χ1v) is 11.3. The van der Waals surface area contributed by atoms with Crippen molar-refractivity contribution >= 4 is 17.7 Å². The zero-order chi connectivity index (χ0) is 23.8. The van der Waals surface area contributed by atoms with E-state index >= 15 is 0 Å². The lowest BCUT2D eigenvalue weighted by molar-refractivity contribution is -0.143. The third kappa shape index (κ3) is 6.25.